The Balaban J connectivity index is 2.94. The van der Waals surface area contributed by atoms with Crippen molar-refractivity contribution in [1.82, 2.24) is 9.97 Å². The summed E-state index contributed by atoms with van der Waals surface area (Å²) in [6, 6.07) is 0. The number of nitrogens with one attached hydrogen (secondary N) is 1. The van der Waals surface area contributed by atoms with Gasteiger partial charge in [0, 0.05) is 24.0 Å². The fourth-order valence-electron chi connectivity index (χ4n) is 0.976. The van der Waals surface area contributed by atoms with E-state index in [1.807, 2.05) is 0 Å². The summed E-state index contributed by atoms with van der Waals surface area (Å²) in [6.07, 6.45) is 5.22. The molecule has 0 amide bonds. The normalized spacial score (nSPS) is 10.7. The van der Waals surface area contributed by atoms with Gasteiger partial charge >= 0.3 is 0 Å². The summed E-state index contributed by atoms with van der Waals surface area (Å²) in [4.78, 5) is 7.03. The van der Waals surface area contributed by atoms with Gasteiger partial charge in [-0.2, -0.15) is 0 Å². The molecule has 2 rings (SSSR count). The predicted molar refractivity (Wildman–Crippen MR) is 48.8 cm³/mol. The third kappa shape index (κ3) is 1.04. The Bertz CT molecular complexity index is 396. The average Bonchev–Trinajstić information content (AvgIpc) is 2.35. The molecule has 2 aromatic rings. The smallest absolute Gasteiger partial charge is 0.0675 e. The maximum absolute atomic E-state index is 5.85. The van der Waals surface area contributed by atoms with Crippen molar-refractivity contribution in [3.8, 4) is 0 Å². The average molecular weight is 231 g/mol. The van der Waals surface area contributed by atoms with Gasteiger partial charge in [0.25, 0.3) is 0 Å². The molecule has 0 aliphatic heterocycles. The second-order valence-electron chi connectivity index (χ2n) is 2.18. The van der Waals surface area contributed by atoms with Crippen molar-refractivity contribution >= 4 is 38.4 Å². The number of aromatic nitrogens is 2. The molecule has 0 saturated carbocycles. The monoisotopic (exact) mass is 230 g/mol. The van der Waals surface area contributed by atoms with Crippen molar-refractivity contribution in [3.63, 3.8) is 0 Å². The molecule has 0 bridgehead atoms. The quantitative estimate of drug-likeness (QED) is 0.742. The number of hydrogen-bond donors (Lipinski definition) is 1. The third-order valence-electron chi connectivity index (χ3n) is 1.50. The van der Waals surface area contributed by atoms with Crippen LogP contribution in [-0.4, -0.2) is 9.97 Å². The summed E-state index contributed by atoms with van der Waals surface area (Å²) in [6.45, 7) is 0. The lowest BCUT2D eigenvalue weighted by Gasteiger charge is -1.91. The zero-order valence-corrected chi connectivity index (χ0v) is 7.78. The second-order valence-corrected chi connectivity index (χ2v) is 3.44. The summed E-state index contributed by atoms with van der Waals surface area (Å²) in [7, 11) is 0. The Labute approximate surface area is 76.7 Å². The van der Waals surface area contributed by atoms with E-state index in [1.54, 1.807) is 18.6 Å². The first-order valence-electron chi connectivity index (χ1n) is 3.05. The van der Waals surface area contributed by atoms with Crippen LogP contribution in [0.25, 0.3) is 10.9 Å². The van der Waals surface area contributed by atoms with Crippen LogP contribution in [0.3, 0.4) is 0 Å². The largest absolute Gasteiger partial charge is 0.359 e. The Morgan fingerprint density at radius 3 is 3.00 bits per heavy atom. The standard InChI is InChI=1S/C7H4BrClN2/c8-5-2-10-1-4-6(9)3-11-7(4)5/h1-3,11H. The molecule has 0 aliphatic carbocycles. The molecule has 2 heterocycles. The molecule has 0 aromatic carbocycles. The number of aromatic amines is 1. The minimum atomic E-state index is 0.703. The van der Waals surface area contributed by atoms with Gasteiger partial charge in [-0.05, 0) is 15.9 Å². The third-order valence-corrected chi connectivity index (χ3v) is 2.41. The SMILES string of the molecule is Clc1c[nH]c2c(Br)cncc12. The van der Waals surface area contributed by atoms with Crippen molar-refractivity contribution in [3.05, 3.63) is 28.1 Å². The van der Waals surface area contributed by atoms with Gasteiger partial charge in [-0.1, -0.05) is 11.6 Å². The molecule has 0 unspecified atom stereocenters. The van der Waals surface area contributed by atoms with E-state index >= 15 is 0 Å². The van der Waals surface area contributed by atoms with Crippen LogP contribution < -0.4 is 0 Å². The molecule has 0 fully saturated rings. The van der Waals surface area contributed by atoms with Crippen LogP contribution in [0.4, 0.5) is 0 Å². The van der Waals surface area contributed by atoms with Gasteiger partial charge in [-0.3, -0.25) is 4.98 Å². The van der Waals surface area contributed by atoms with E-state index in [9.17, 15) is 0 Å². The number of rotatable bonds is 0. The summed E-state index contributed by atoms with van der Waals surface area (Å²) < 4.78 is 0.932. The van der Waals surface area contributed by atoms with Crippen molar-refractivity contribution < 1.29 is 0 Å². The van der Waals surface area contributed by atoms with Crippen LogP contribution in [0, 0.1) is 0 Å². The molecule has 0 radical (unpaired) electrons. The lowest BCUT2D eigenvalue weighted by Crippen LogP contribution is -1.73. The second kappa shape index (κ2) is 2.50. The first-order valence-corrected chi connectivity index (χ1v) is 4.22. The van der Waals surface area contributed by atoms with Crippen LogP contribution in [0.15, 0.2) is 23.1 Å². The van der Waals surface area contributed by atoms with Crippen molar-refractivity contribution in [2.24, 2.45) is 0 Å². The number of pyridine rings is 1. The number of fused-ring (bicyclic) bond motifs is 1. The van der Waals surface area contributed by atoms with Gasteiger partial charge in [0.2, 0.25) is 0 Å². The topological polar surface area (TPSA) is 28.7 Å². The van der Waals surface area contributed by atoms with Gasteiger partial charge in [-0.15, -0.1) is 0 Å². The summed E-state index contributed by atoms with van der Waals surface area (Å²) in [5.74, 6) is 0. The van der Waals surface area contributed by atoms with Crippen LogP contribution in [0.2, 0.25) is 5.02 Å². The maximum Gasteiger partial charge on any atom is 0.0675 e. The fourth-order valence-corrected chi connectivity index (χ4v) is 1.62. The molecule has 1 N–H and O–H groups in total. The van der Waals surface area contributed by atoms with E-state index < -0.39 is 0 Å². The Kier molecular flexibility index (Phi) is 1.62. The van der Waals surface area contributed by atoms with Crippen LogP contribution in [0.1, 0.15) is 0 Å². The molecule has 0 spiro atoms. The fraction of sp³-hybridized carbons (Fsp3) is 0. The number of H-pyrrole nitrogens is 1. The summed E-state index contributed by atoms with van der Waals surface area (Å²) in [5.41, 5.74) is 0.991. The van der Waals surface area contributed by atoms with Crippen LogP contribution >= 0.6 is 27.5 Å². The lowest BCUT2D eigenvalue weighted by molar-refractivity contribution is 1.34. The van der Waals surface area contributed by atoms with Crippen LogP contribution in [-0.2, 0) is 0 Å². The molecule has 4 heteroatoms. The molecule has 2 nitrogen and oxygen atoms in total. The highest BCUT2D eigenvalue weighted by Gasteiger charge is 2.02. The summed E-state index contributed by atoms with van der Waals surface area (Å²) in [5, 5.41) is 1.65. The summed E-state index contributed by atoms with van der Waals surface area (Å²) >= 11 is 9.21. The van der Waals surface area contributed by atoms with Gasteiger partial charge in [0.1, 0.15) is 0 Å². The molecule has 0 atom stereocenters. The van der Waals surface area contributed by atoms with Crippen LogP contribution in [0.5, 0.6) is 0 Å². The van der Waals surface area contributed by atoms with E-state index in [0.29, 0.717) is 5.02 Å². The van der Waals surface area contributed by atoms with Gasteiger partial charge < -0.3 is 4.98 Å². The van der Waals surface area contributed by atoms with E-state index in [0.717, 1.165) is 15.4 Å². The Hall–Kier alpha value is -0.540. The highest BCUT2D eigenvalue weighted by atomic mass is 79.9. The molecule has 0 aliphatic rings. The zero-order chi connectivity index (χ0) is 7.84. The maximum atomic E-state index is 5.85. The van der Waals surface area contributed by atoms with Gasteiger partial charge in [0.05, 0.1) is 15.0 Å². The van der Waals surface area contributed by atoms with E-state index in [2.05, 4.69) is 25.9 Å². The highest BCUT2D eigenvalue weighted by Crippen LogP contribution is 2.26. The Morgan fingerprint density at radius 1 is 1.45 bits per heavy atom. The van der Waals surface area contributed by atoms with E-state index in [1.165, 1.54) is 0 Å². The first-order chi connectivity index (χ1) is 5.29. The predicted octanol–water partition coefficient (Wildman–Crippen LogP) is 2.98. The molecule has 0 saturated heterocycles. The Morgan fingerprint density at radius 2 is 2.27 bits per heavy atom. The van der Waals surface area contributed by atoms with Crippen molar-refractivity contribution in [1.29, 1.82) is 0 Å². The van der Waals surface area contributed by atoms with Gasteiger partial charge in [0.15, 0.2) is 0 Å². The molecule has 11 heavy (non-hydrogen) atoms. The highest BCUT2D eigenvalue weighted by molar-refractivity contribution is 9.10. The molecule has 56 valence electrons. The van der Waals surface area contributed by atoms with E-state index in [4.69, 9.17) is 11.6 Å². The minimum Gasteiger partial charge on any atom is -0.359 e. The minimum absolute atomic E-state index is 0.703. The van der Waals surface area contributed by atoms with E-state index in [-0.39, 0.29) is 0 Å². The zero-order valence-electron chi connectivity index (χ0n) is 5.44. The first kappa shape index (κ1) is 7.13. The molecular formula is C7H4BrClN2. The molecule has 2 aromatic heterocycles. The number of nitrogens with zero attached hydrogens (tertiary/aromatic N) is 1. The lowest BCUT2D eigenvalue weighted by atomic mass is 10.3. The number of halogens is 2. The van der Waals surface area contributed by atoms with Crippen molar-refractivity contribution in [2.45, 2.75) is 0 Å². The van der Waals surface area contributed by atoms with Crippen molar-refractivity contribution in [2.75, 3.05) is 0 Å². The molecular weight excluding hydrogens is 227 g/mol. The number of hydrogen-bond acceptors (Lipinski definition) is 1. The van der Waals surface area contributed by atoms with Gasteiger partial charge in [-0.25, -0.2) is 0 Å².